The van der Waals surface area contributed by atoms with Gasteiger partial charge in [-0.25, -0.2) is 0 Å². The zero-order valence-corrected chi connectivity index (χ0v) is 13.9. The number of hydrogen-bond donors (Lipinski definition) is 2. The summed E-state index contributed by atoms with van der Waals surface area (Å²) in [7, 11) is 0. The molecule has 1 heterocycles. The van der Waals surface area contributed by atoms with Crippen molar-refractivity contribution < 1.29 is 9.53 Å². The Bertz CT molecular complexity index is 482. The van der Waals surface area contributed by atoms with E-state index in [-0.39, 0.29) is 17.9 Å². The highest BCUT2D eigenvalue weighted by atomic mass is 16.5. The number of aryl methyl sites for hydroxylation is 1. The number of amides is 1. The van der Waals surface area contributed by atoms with Crippen molar-refractivity contribution in [3.63, 3.8) is 0 Å². The molecule has 0 bridgehead atoms. The summed E-state index contributed by atoms with van der Waals surface area (Å²) in [5.74, 6) is 0.298. The Balaban J connectivity index is 1.99. The fourth-order valence-electron chi connectivity index (χ4n) is 2.78. The van der Waals surface area contributed by atoms with Crippen LogP contribution in [-0.4, -0.2) is 31.2 Å². The summed E-state index contributed by atoms with van der Waals surface area (Å²) in [6.07, 6.45) is 2.92. The molecule has 0 spiro atoms. The Hall–Kier alpha value is -1.39. The first kappa shape index (κ1) is 17.0. The summed E-state index contributed by atoms with van der Waals surface area (Å²) in [6, 6.07) is 8.26. The minimum Gasteiger partial charge on any atom is -0.381 e. The highest BCUT2D eigenvalue weighted by Gasteiger charge is 2.26. The van der Waals surface area contributed by atoms with Gasteiger partial charge in [0.25, 0.3) is 0 Å². The third-order valence-corrected chi connectivity index (χ3v) is 4.19. The van der Waals surface area contributed by atoms with E-state index in [0.29, 0.717) is 6.04 Å². The second-order valence-electron chi connectivity index (χ2n) is 6.32. The number of rotatable bonds is 6. The van der Waals surface area contributed by atoms with E-state index in [1.807, 2.05) is 18.2 Å². The van der Waals surface area contributed by atoms with Gasteiger partial charge < -0.3 is 15.4 Å². The third-order valence-electron chi connectivity index (χ3n) is 4.19. The highest BCUT2D eigenvalue weighted by molar-refractivity contribution is 5.95. The number of anilines is 1. The molecule has 2 N–H and O–H groups in total. The lowest BCUT2D eigenvalue weighted by atomic mass is 9.99. The molecule has 22 heavy (non-hydrogen) atoms. The molecule has 1 fully saturated rings. The van der Waals surface area contributed by atoms with Gasteiger partial charge in [0.15, 0.2) is 0 Å². The van der Waals surface area contributed by atoms with Crippen LogP contribution in [0.3, 0.4) is 0 Å². The SMILES string of the molecule is CCc1cccc(NC(=O)[C@H](NC2CCOCC2)C(C)C)c1. The molecule has 4 nitrogen and oxygen atoms in total. The van der Waals surface area contributed by atoms with Gasteiger partial charge in [0.1, 0.15) is 0 Å². The predicted molar refractivity (Wildman–Crippen MR) is 90.1 cm³/mol. The molecule has 1 aliphatic heterocycles. The normalized spacial score (nSPS) is 17.5. The van der Waals surface area contributed by atoms with Crippen LogP contribution in [0.1, 0.15) is 39.2 Å². The summed E-state index contributed by atoms with van der Waals surface area (Å²) >= 11 is 0. The van der Waals surface area contributed by atoms with Gasteiger partial charge in [-0.2, -0.15) is 0 Å². The van der Waals surface area contributed by atoms with Crippen LogP contribution >= 0.6 is 0 Å². The van der Waals surface area contributed by atoms with Crippen LogP contribution in [0, 0.1) is 5.92 Å². The Morgan fingerprint density at radius 2 is 2.05 bits per heavy atom. The zero-order valence-electron chi connectivity index (χ0n) is 13.9. The molecule has 0 unspecified atom stereocenters. The monoisotopic (exact) mass is 304 g/mol. The second-order valence-corrected chi connectivity index (χ2v) is 6.32. The Kier molecular flexibility index (Phi) is 6.40. The minimum absolute atomic E-state index is 0.0507. The fraction of sp³-hybridized carbons (Fsp3) is 0.611. The number of nitrogens with one attached hydrogen (secondary N) is 2. The zero-order chi connectivity index (χ0) is 15.9. The molecule has 1 aliphatic rings. The minimum atomic E-state index is -0.173. The molecule has 0 saturated carbocycles. The van der Waals surface area contributed by atoms with Crippen LogP contribution in [0.15, 0.2) is 24.3 Å². The maximum absolute atomic E-state index is 12.6. The van der Waals surface area contributed by atoms with Crippen molar-refractivity contribution >= 4 is 11.6 Å². The Morgan fingerprint density at radius 3 is 2.68 bits per heavy atom. The molecular formula is C18H28N2O2. The van der Waals surface area contributed by atoms with E-state index in [0.717, 1.165) is 38.2 Å². The van der Waals surface area contributed by atoms with Gasteiger partial charge in [0, 0.05) is 24.9 Å². The molecular weight excluding hydrogens is 276 g/mol. The molecule has 0 aromatic heterocycles. The topological polar surface area (TPSA) is 50.4 Å². The van der Waals surface area contributed by atoms with Crippen LogP contribution < -0.4 is 10.6 Å². The van der Waals surface area contributed by atoms with Gasteiger partial charge in [0.05, 0.1) is 6.04 Å². The molecule has 2 rings (SSSR count). The molecule has 1 saturated heterocycles. The lowest BCUT2D eigenvalue weighted by Gasteiger charge is -2.30. The number of carbonyl (C=O) groups excluding carboxylic acids is 1. The second kappa shape index (κ2) is 8.30. The van der Waals surface area contributed by atoms with Crippen molar-refractivity contribution in [1.82, 2.24) is 5.32 Å². The van der Waals surface area contributed by atoms with E-state index < -0.39 is 0 Å². The molecule has 122 valence electrons. The average Bonchev–Trinajstić information content (AvgIpc) is 2.53. The van der Waals surface area contributed by atoms with Crippen molar-refractivity contribution in [2.45, 2.75) is 52.1 Å². The predicted octanol–water partition coefficient (Wildman–Crippen LogP) is 2.98. The van der Waals surface area contributed by atoms with Crippen LogP contribution in [0.2, 0.25) is 0 Å². The third kappa shape index (κ3) is 4.82. The first-order valence-electron chi connectivity index (χ1n) is 8.33. The number of benzene rings is 1. The fourth-order valence-corrected chi connectivity index (χ4v) is 2.78. The van der Waals surface area contributed by atoms with Gasteiger partial charge in [-0.1, -0.05) is 32.9 Å². The van der Waals surface area contributed by atoms with Crippen molar-refractivity contribution in [3.8, 4) is 0 Å². The van der Waals surface area contributed by atoms with Crippen LogP contribution in [0.25, 0.3) is 0 Å². The quantitative estimate of drug-likeness (QED) is 0.849. The van der Waals surface area contributed by atoms with Crippen molar-refractivity contribution in [2.24, 2.45) is 5.92 Å². The molecule has 4 heteroatoms. The summed E-state index contributed by atoms with van der Waals surface area (Å²) < 4.78 is 5.38. The van der Waals surface area contributed by atoms with Crippen molar-refractivity contribution in [3.05, 3.63) is 29.8 Å². The molecule has 1 atom stereocenters. The van der Waals surface area contributed by atoms with E-state index in [2.05, 4.69) is 37.5 Å². The molecule has 0 radical (unpaired) electrons. The summed E-state index contributed by atoms with van der Waals surface area (Å²) in [6.45, 7) is 7.84. The smallest absolute Gasteiger partial charge is 0.241 e. The molecule has 1 aromatic carbocycles. The Labute approximate surface area is 133 Å². The van der Waals surface area contributed by atoms with Gasteiger partial charge >= 0.3 is 0 Å². The Morgan fingerprint density at radius 1 is 1.32 bits per heavy atom. The molecule has 1 aromatic rings. The highest BCUT2D eigenvalue weighted by Crippen LogP contribution is 2.15. The lowest BCUT2D eigenvalue weighted by molar-refractivity contribution is -0.119. The molecule has 1 amide bonds. The van der Waals surface area contributed by atoms with E-state index in [1.54, 1.807) is 0 Å². The lowest BCUT2D eigenvalue weighted by Crippen LogP contribution is -2.50. The van der Waals surface area contributed by atoms with Gasteiger partial charge in [-0.05, 0) is 42.9 Å². The maximum Gasteiger partial charge on any atom is 0.241 e. The van der Waals surface area contributed by atoms with Gasteiger partial charge in [-0.15, -0.1) is 0 Å². The van der Waals surface area contributed by atoms with Crippen LogP contribution in [0.4, 0.5) is 5.69 Å². The first-order chi connectivity index (χ1) is 10.6. The van der Waals surface area contributed by atoms with E-state index in [4.69, 9.17) is 4.74 Å². The van der Waals surface area contributed by atoms with Crippen LogP contribution in [-0.2, 0) is 16.0 Å². The standard InChI is InChI=1S/C18H28N2O2/c1-4-14-6-5-7-16(12-14)20-18(21)17(13(2)3)19-15-8-10-22-11-9-15/h5-7,12-13,15,17,19H,4,8-11H2,1-3H3,(H,20,21)/t17-/m1/s1. The van der Waals surface area contributed by atoms with Crippen molar-refractivity contribution in [1.29, 1.82) is 0 Å². The van der Waals surface area contributed by atoms with Gasteiger partial charge in [-0.3, -0.25) is 4.79 Å². The van der Waals surface area contributed by atoms with Crippen molar-refractivity contribution in [2.75, 3.05) is 18.5 Å². The van der Waals surface area contributed by atoms with E-state index in [9.17, 15) is 4.79 Å². The van der Waals surface area contributed by atoms with Gasteiger partial charge in [0.2, 0.25) is 5.91 Å². The maximum atomic E-state index is 12.6. The summed E-state index contributed by atoms with van der Waals surface area (Å²) in [5, 5.41) is 6.57. The number of carbonyl (C=O) groups is 1. The summed E-state index contributed by atoms with van der Waals surface area (Å²) in [5.41, 5.74) is 2.11. The number of ether oxygens (including phenoxy) is 1. The van der Waals surface area contributed by atoms with E-state index in [1.165, 1.54) is 5.56 Å². The largest absolute Gasteiger partial charge is 0.381 e. The van der Waals surface area contributed by atoms with Crippen LogP contribution in [0.5, 0.6) is 0 Å². The summed E-state index contributed by atoms with van der Waals surface area (Å²) in [4.78, 5) is 12.6. The number of hydrogen-bond acceptors (Lipinski definition) is 3. The van der Waals surface area contributed by atoms with E-state index >= 15 is 0 Å². The average molecular weight is 304 g/mol. The molecule has 0 aliphatic carbocycles. The first-order valence-corrected chi connectivity index (χ1v) is 8.33.